The molecular formula is C32H31N5O5. The van der Waals surface area contributed by atoms with Gasteiger partial charge in [0.25, 0.3) is 5.91 Å². The molecule has 1 aliphatic rings. The lowest BCUT2D eigenvalue weighted by molar-refractivity contribution is 0.101. The molecule has 2 aromatic heterocycles. The summed E-state index contributed by atoms with van der Waals surface area (Å²) in [6.07, 6.45) is 6.89. The van der Waals surface area contributed by atoms with E-state index in [-0.39, 0.29) is 17.6 Å². The predicted octanol–water partition coefficient (Wildman–Crippen LogP) is 5.99. The molecule has 0 atom stereocenters. The second kappa shape index (κ2) is 12.1. The lowest BCUT2D eigenvalue weighted by Crippen LogP contribution is -2.27. The molecule has 4 aromatic rings. The summed E-state index contributed by atoms with van der Waals surface area (Å²) in [6, 6.07) is 14.5. The van der Waals surface area contributed by atoms with Gasteiger partial charge in [0.2, 0.25) is 5.43 Å². The number of hydrogen-bond donors (Lipinski definition) is 1. The van der Waals surface area contributed by atoms with Crippen molar-refractivity contribution in [1.82, 2.24) is 14.8 Å². The third kappa shape index (κ3) is 5.92. The number of aromatic nitrogens is 3. The molecule has 10 nitrogen and oxygen atoms in total. The highest BCUT2D eigenvalue weighted by atomic mass is 16.5. The van der Waals surface area contributed by atoms with E-state index in [0.29, 0.717) is 39.8 Å². The van der Waals surface area contributed by atoms with E-state index >= 15 is 0 Å². The van der Waals surface area contributed by atoms with E-state index < -0.39 is 11.3 Å². The summed E-state index contributed by atoms with van der Waals surface area (Å²) in [5.74, 6) is 1.55. The number of aliphatic imine (C=N–C) groups is 1. The number of amides is 1. The SMILES string of the molecule is C=Nc1cc(OC)c(OC)cc1/C(=C\C)Oc1ccc(NC(=O)c2nn(C3CC3)cc(-c3ccc(C)cc3)c2=O)nc1. The summed E-state index contributed by atoms with van der Waals surface area (Å²) in [4.78, 5) is 35.0. The van der Waals surface area contributed by atoms with E-state index in [1.165, 1.54) is 6.20 Å². The molecular weight excluding hydrogens is 534 g/mol. The molecule has 0 spiro atoms. The van der Waals surface area contributed by atoms with E-state index in [0.717, 1.165) is 24.0 Å². The minimum atomic E-state index is -0.634. The molecule has 0 aliphatic heterocycles. The number of anilines is 1. The van der Waals surface area contributed by atoms with Crippen LogP contribution in [0.5, 0.6) is 17.2 Å². The average Bonchev–Trinajstić information content (AvgIpc) is 3.86. The fraction of sp³-hybridized carbons (Fsp3) is 0.219. The molecule has 10 heteroatoms. The standard InChI is InChI=1S/C32H31N5O5/c1-6-26(23-15-27(40-4)28(41-5)16-25(23)33-3)42-22-13-14-29(34-17-22)35-32(39)30-31(38)24(18-37(36-30)21-11-12-21)20-9-7-19(2)8-10-20/h6-10,13-18,21H,3,11-12H2,1-2,4-5H3,(H,34,35,39)/b26-6+. The molecule has 0 bridgehead atoms. The van der Waals surface area contributed by atoms with Gasteiger partial charge in [-0.05, 0) is 63.2 Å². The minimum Gasteiger partial charge on any atom is -0.493 e. The van der Waals surface area contributed by atoms with Gasteiger partial charge in [-0.15, -0.1) is 0 Å². The number of carbonyl (C=O) groups is 1. The summed E-state index contributed by atoms with van der Waals surface area (Å²) in [6.45, 7) is 7.46. The minimum absolute atomic E-state index is 0.180. The number of pyridine rings is 1. The van der Waals surface area contributed by atoms with E-state index in [4.69, 9.17) is 14.2 Å². The van der Waals surface area contributed by atoms with Gasteiger partial charge in [-0.2, -0.15) is 5.10 Å². The number of nitrogens with one attached hydrogen (secondary N) is 1. The quantitative estimate of drug-likeness (QED) is 0.185. The fourth-order valence-electron chi connectivity index (χ4n) is 4.40. The number of hydrogen-bond acceptors (Lipinski definition) is 8. The number of aryl methyl sites for hydroxylation is 1. The van der Waals surface area contributed by atoms with Gasteiger partial charge in [0, 0.05) is 23.4 Å². The van der Waals surface area contributed by atoms with Crippen LogP contribution in [0, 0.1) is 6.92 Å². The Morgan fingerprint density at radius 3 is 2.40 bits per heavy atom. The van der Waals surface area contributed by atoms with Crippen molar-refractivity contribution >= 4 is 29.9 Å². The molecule has 2 heterocycles. The van der Waals surface area contributed by atoms with Crippen LogP contribution in [0.4, 0.5) is 11.5 Å². The van der Waals surface area contributed by atoms with Crippen LogP contribution in [0.1, 0.15) is 47.4 Å². The van der Waals surface area contributed by atoms with Gasteiger partial charge in [0.1, 0.15) is 17.3 Å². The Hall–Kier alpha value is -5.25. The van der Waals surface area contributed by atoms with Gasteiger partial charge in [0.15, 0.2) is 17.2 Å². The molecule has 1 fully saturated rings. The van der Waals surface area contributed by atoms with Crippen molar-refractivity contribution in [2.24, 2.45) is 4.99 Å². The highest BCUT2D eigenvalue weighted by molar-refractivity contribution is 6.02. The number of allylic oxidation sites excluding steroid dienone is 1. The molecule has 5 rings (SSSR count). The Bertz CT molecular complexity index is 1720. The van der Waals surface area contributed by atoms with E-state index in [1.807, 2.05) is 38.1 Å². The van der Waals surface area contributed by atoms with E-state index in [9.17, 15) is 9.59 Å². The number of ether oxygens (including phenoxy) is 3. The highest BCUT2D eigenvalue weighted by Crippen LogP contribution is 2.38. The molecule has 214 valence electrons. The van der Waals surface area contributed by atoms with Crippen molar-refractivity contribution in [3.63, 3.8) is 0 Å². The summed E-state index contributed by atoms with van der Waals surface area (Å²) in [5, 5.41) is 7.07. The van der Waals surface area contributed by atoms with Crippen molar-refractivity contribution in [3.05, 3.63) is 94.0 Å². The molecule has 0 unspecified atom stereocenters. The first-order valence-corrected chi connectivity index (χ1v) is 13.4. The van der Waals surface area contributed by atoms with Gasteiger partial charge in [-0.25, -0.2) is 4.98 Å². The van der Waals surface area contributed by atoms with Crippen molar-refractivity contribution in [1.29, 1.82) is 0 Å². The maximum absolute atomic E-state index is 13.4. The number of nitrogens with zero attached hydrogens (tertiary/aromatic N) is 4. The smallest absolute Gasteiger partial charge is 0.281 e. The normalized spacial score (nSPS) is 12.9. The van der Waals surface area contributed by atoms with Gasteiger partial charge in [0.05, 0.1) is 32.1 Å². The van der Waals surface area contributed by atoms with Crippen molar-refractivity contribution < 1.29 is 19.0 Å². The summed E-state index contributed by atoms with van der Waals surface area (Å²) in [7, 11) is 3.09. The van der Waals surface area contributed by atoms with Crippen LogP contribution >= 0.6 is 0 Å². The average molecular weight is 566 g/mol. The number of rotatable bonds is 10. The predicted molar refractivity (Wildman–Crippen MR) is 162 cm³/mol. The summed E-state index contributed by atoms with van der Waals surface area (Å²) < 4.78 is 18.6. The van der Waals surface area contributed by atoms with Crippen LogP contribution in [0.2, 0.25) is 0 Å². The fourth-order valence-corrected chi connectivity index (χ4v) is 4.40. The lowest BCUT2D eigenvalue weighted by Gasteiger charge is -2.15. The molecule has 42 heavy (non-hydrogen) atoms. The number of methoxy groups -OCH3 is 2. The first-order valence-electron chi connectivity index (χ1n) is 13.4. The lowest BCUT2D eigenvalue weighted by atomic mass is 10.0. The maximum atomic E-state index is 13.4. The second-order valence-corrected chi connectivity index (χ2v) is 9.77. The summed E-state index contributed by atoms with van der Waals surface area (Å²) >= 11 is 0. The monoisotopic (exact) mass is 565 g/mol. The van der Waals surface area contributed by atoms with Gasteiger partial charge in [-0.3, -0.25) is 19.3 Å². The van der Waals surface area contributed by atoms with Crippen LogP contribution < -0.4 is 25.0 Å². The van der Waals surface area contributed by atoms with Gasteiger partial charge in [-0.1, -0.05) is 29.8 Å². The Kier molecular flexibility index (Phi) is 8.14. The first kappa shape index (κ1) is 28.3. The summed E-state index contributed by atoms with van der Waals surface area (Å²) in [5.41, 5.74) is 2.82. The Morgan fingerprint density at radius 2 is 1.81 bits per heavy atom. The Balaban J connectivity index is 1.37. The van der Waals surface area contributed by atoms with Crippen molar-refractivity contribution in [2.75, 3.05) is 19.5 Å². The van der Waals surface area contributed by atoms with E-state index in [2.05, 4.69) is 27.1 Å². The molecule has 1 amide bonds. The van der Waals surface area contributed by atoms with Crippen molar-refractivity contribution in [2.45, 2.75) is 32.7 Å². The van der Waals surface area contributed by atoms with Crippen LogP contribution in [-0.2, 0) is 0 Å². The zero-order valence-corrected chi connectivity index (χ0v) is 23.9. The Labute approximate surface area is 243 Å². The number of benzene rings is 2. The first-order chi connectivity index (χ1) is 20.3. The van der Waals surface area contributed by atoms with E-state index in [1.54, 1.807) is 55.4 Å². The molecule has 1 saturated carbocycles. The third-order valence-electron chi connectivity index (χ3n) is 6.84. The molecule has 0 saturated heterocycles. The molecule has 1 N–H and O–H groups in total. The highest BCUT2D eigenvalue weighted by Gasteiger charge is 2.27. The number of carbonyl (C=O) groups excluding carboxylic acids is 1. The van der Waals surface area contributed by atoms with Crippen LogP contribution in [-0.4, -0.2) is 41.6 Å². The Morgan fingerprint density at radius 1 is 1.10 bits per heavy atom. The molecule has 2 aromatic carbocycles. The topological polar surface area (TPSA) is 117 Å². The largest absolute Gasteiger partial charge is 0.493 e. The second-order valence-electron chi connectivity index (χ2n) is 9.77. The van der Waals surface area contributed by atoms with Crippen LogP contribution in [0.3, 0.4) is 0 Å². The van der Waals surface area contributed by atoms with Gasteiger partial charge >= 0.3 is 0 Å². The van der Waals surface area contributed by atoms with Crippen LogP contribution in [0.15, 0.2) is 76.8 Å². The van der Waals surface area contributed by atoms with Crippen LogP contribution in [0.25, 0.3) is 16.9 Å². The van der Waals surface area contributed by atoms with Crippen molar-refractivity contribution in [3.8, 4) is 28.4 Å². The molecule has 1 aliphatic carbocycles. The molecule has 0 radical (unpaired) electrons. The zero-order valence-electron chi connectivity index (χ0n) is 23.9. The third-order valence-corrected chi connectivity index (χ3v) is 6.84. The van der Waals surface area contributed by atoms with Gasteiger partial charge < -0.3 is 19.5 Å². The zero-order chi connectivity index (χ0) is 29.8. The maximum Gasteiger partial charge on any atom is 0.281 e.